The van der Waals surface area contributed by atoms with Crippen molar-refractivity contribution in [2.45, 2.75) is 31.8 Å². The Morgan fingerprint density at radius 1 is 1.38 bits per heavy atom. The van der Waals surface area contributed by atoms with E-state index in [0.717, 1.165) is 29.7 Å². The zero-order chi connectivity index (χ0) is 17.1. The van der Waals surface area contributed by atoms with Gasteiger partial charge in [0, 0.05) is 19.4 Å². The summed E-state index contributed by atoms with van der Waals surface area (Å²) < 4.78 is 5.42. The fourth-order valence-electron chi connectivity index (χ4n) is 3.24. The Balaban J connectivity index is 1.71. The number of aromatic nitrogens is 1. The van der Waals surface area contributed by atoms with Gasteiger partial charge in [0.05, 0.1) is 19.2 Å². The highest BCUT2D eigenvalue weighted by Crippen LogP contribution is 2.37. The molecular weight excluding hydrogens is 302 g/mol. The molecule has 0 aliphatic heterocycles. The number of nitrogens with zero attached hydrogens (tertiary/aromatic N) is 2. The summed E-state index contributed by atoms with van der Waals surface area (Å²) in [6.07, 6.45) is 5.35. The Hall–Kier alpha value is -2.56. The van der Waals surface area contributed by atoms with Crippen LogP contribution in [0.2, 0.25) is 0 Å². The van der Waals surface area contributed by atoms with Crippen LogP contribution in [0.4, 0.5) is 4.79 Å². The highest BCUT2D eigenvalue weighted by Gasteiger charge is 2.28. The molecule has 2 amide bonds. The maximum Gasteiger partial charge on any atom is 0.318 e. The van der Waals surface area contributed by atoms with Crippen LogP contribution in [0.5, 0.6) is 5.75 Å². The molecule has 1 aliphatic rings. The molecule has 0 unspecified atom stereocenters. The molecule has 0 saturated carbocycles. The molecule has 0 fully saturated rings. The van der Waals surface area contributed by atoms with E-state index in [9.17, 15) is 4.79 Å². The third-order valence-corrected chi connectivity index (χ3v) is 4.81. The molecule has 1 heterocycles. The summed E-state index contributed by atoms with van der Waals surface area (Å²) in [5.41, 5.74) is 3.38. The molecule has 2 aromatic rings. The number of carbonyl (C=O) groups excluding carboxylic acids is 1. The van der Waals surface area contributed by atoms with Crippen LogP contribution in [0.1, 0.15) is 42.1 Å². The Morgan fingerprint density at radius 3 is 2.92 bits per heavy atom. The number of fused-ring (bicyclic) bond motifs is 1. The molecule has 5 heteroatoms. The van der Waals surface area contributed by atoms with Crippen LogP contribution in [0.25, 0.3) is 0 Å². The number of pyridine rings is 1. The number of amides is 2. The number of urea groups is 1. The Labute approximate surface area is 142 Å². The van der Waals surface area contributed by atoms with Crippen LogP contribution in [0.15, 0.2) is 42.7 Å². The largest absolute Gasteiger partial charge is 0.496 e. The van der Waals surface area contributed by atoms with Crippen molar-refractivity contribution in [1.29, 1.82) is 0 Å². The molecule has 5 nitrogen and oxygen atoms in total. The van der Waals surface area contributed by atoms with Crippen molar-refractivity contribution < 1.29 is 9.53 Å². The Kier molecular flexibility index (Phi) is 4.69. The van der Waals surface area contributed by atoms with Crippen LogP contribution < -0.4 is 10.1 Å². The SMILES string of the molecule is COc1cccc2c1CC[C@H]2NC(=O)N(C)[C@H](C)c1cccnc1. The molecular formula is C19H23N3O2. The summed E-state index contributed by atoms with van der Waals surface area (Å²) in [6, 6.07) is 9.81. The second kappa shape index (κ2) is 6.91. The van der Waals surface area contributed by atoms with E-state index < -0.39 is 0 Å². The molecule has 1 aromatic heterocycles. The van der Waals surface area contributed by atoms with Gasteiger partial charge >= 0.3 is 6.03 Å². The zero-order valence-corrected chi connectivity index (χ0v) is 14.3. The molecule has 2 atom stereocenters. The maximum absolute atomic E-state index is 12.6. The summed E-state index contributed by atoms with van der Waals surface area (Å²) >= 11 is 0. The van der Waals surface area contributed by atoms with E-state index in [1.165, 1.54) is 5.56 Å². The first kappa shape index (κ1) is 16.3. The van der Waals surface area contributed by atoms with Gasteiger partial charge in [-0.2, -0.15) is 0 Å². The average Bonchev–Trinajstić information content (AvgIpc) is 3.04. The first-order valence-electron chi connectivity index (χ1n) is 8.21. The summed E-state index contributed by atoms with van der Waals surface area (Å²) in [7, 11) is 3.50. The summed E-state index contributed by atoms with van der Waals surface area (Å²) in [5, 5.41) is 3.15. The topological polar surface area (TPSA) is 54.5 Å². The number of benzene rings is 1. The molecule has 0 radical (unpaired) electrons. The third kappa shape index (κ3) is 3.07. The summed E-state index contributed by atoms with van der Waals surface area (Å²) in [5.74, 6) is 0.904. The number of ether oxygens (including phenoxy) is 1. The lowest BCUT2D eigenvalue weighted by atomic mass is 10.1. The lowest BCUT2D eigenvalue weighted by Crippen LogP contribution is -2.40. The van der Waals surface area contributed by atoms with Gasteiger partial charge in [-0.25, -0.2) is 4.79 Å². The smallest absolute Gasteiger partial charge is 0.318 e. The van der Waals surface area contributed by atoms with Gasteiger partial charge in [-0.1, -0.05) is 18.2 Å². The van der Waals surface area contributed by atoms with Crippen LogP contribution in [-0.2, 0) is 6.42 Å². The highest BCUT2D eigenvalue weighted by molar-refractivity contribution is 5.75. The van der Waals surface area contributed by atoms with Gasteiger partial charge < -0.3 is 15.0 Å². The van der Waals surface area contributed by atoms with Crippen molar-refractivity contribution >= 4 is 6.03 Å². The maximum atomic E-state index is 12.6. The van der Waals surface area contributed by atoms with Crippen molar-refractivity contribution in [2.24, 2.45) is 0 Å². The minimum absolute atomic E-state index is 0.0335. The Morgan fingerprint density at radius 2 is 2.21 bits per heavy atom. The van der Waals surface area contributed by atoms with Crippen molar-refractivity contribution in [1.82, 2.24) is 15.2 Å². The van der Waals surface area contributed by atoms with E-state index in [1.807, 2.05) is 38.2 Å². The third-order valence-electron chi connectivity index (χ3n) is 4.81. The second-order valence-corrected chi connectivity index (χ2v) is 6.14. The molecule has 24 heavy (non-hydrogen) atoms. The molecule has 1 aromatic carbocycles. The van der Waals surface area contributed by atoms with Crippen molar-refractivity contribution in [3.8, 4) is 5.75 Å². The molecule has 126 valence electrons. The molecule has 0 spiro atoms. The number of nitrogens with one attached hydrogen (secondary N) is 1. The van der Waals surface area contributed by atoms with E-state index in [-0.39, 0.29) is 18.1 Å². The van der Waals surface area contributed by atoms with E-state index in [1.54, 1.807) is 24.4 Å². The van der Waals surface area contributed by atoms with E-state index >= 15 is 0 Å². The van der Waals surface area contributed by atoms with E-state index in [0.29, 0.717) is 0 Å². The number of carbonyl (C=O) groups is 1. The van der Waals surface area contributed by atoms with Gasteiger partial charge in [-0.3, -0.25) is 4.98 Å². The van der Waals surface area contributed by atoms with Crippen LogP contribution in [-0.4, -0.2) is 30.1 Å². The minimum atomic E-state index is -0.0768. The van der Waals surface area contributed by atoms with E-state index in [4.69, 9.17) is 4.74 Å². The predicted octanol–water partition coefficient (Wildman–Crippen LogP) is 3.48. The molecule has 0 bridgehead atoms. The minimum Gasteiger partial charge on any atom is -0.496 e. The second-order valence-electron chi connectivity index (χ2n) is 6.14. The van der Waals surface area contributed by atoms with Gasteiger partial charge in [0.1, 0.15) is 5.75 Å². The van der Waals surface area contributed by atoms with Gasteiger partial charge in [-0.15, -0.1) is 0 Å². The average molecular weight is 325 g/mol. The zero-order valence-electron chi connectivity index (χ0n) is 14.3. The lowest BCUT2D eigenvalue weighted by molar-refractivity contribution is 0.190. The molecule has 3 rings (SSSR count). The first-order chi connectivity index (χ1) is 11.6. The number of hydrogen-bond donors (Lipinski definition) is 1. The molecule has 0 saturated heterocycles. The Bertz CT molecular complexity index is 718. The number of methoxy groups -OCH3 is 1. The summed E-state index contributed by atoms with van der Waals surface area (Å²) in [6.45, 7) is 2.00. The van der Waals surface area contributed by atoms with Gasteiger partial charge in [0.15, 0.2) is 0 Å². The number of hydrogen-bond acceptors (Lipinski definition) is 3. The standard InChI is InChI=1S/C19H23N3O2/c1-13(14-6-5-11-20-12-14)22(2)19(23)21-17-10-9-16-15(17)7-4-8-18(16)24-3/h4-8,11-13,17H,9-10H2,1-3H3,(H,21,23)/t13-,17-/m1/s1. The normalized spacial score (nSPS) is 17.0. The van der Waals surface area contributed by atoms with Crippen molar-refractivity contribution in [3.05, 3.63) is 59.4 Å². The fraction of sp³-hybridized carbons (Fsp3) is 0.368. The van der Waals surface area contributed by atoms with Gasteiger partial charge in [-0.05, 0) is 48.6 Å². The van der Waals surface area contributed by atoms with Crippen molar-refractivity contribution in [2.75, 3.05) is 14.2 Å². The van der Waals surface area contributed by atoms with Crippen LogP contribution >= 0.6 is 0 Å². The first-order valence-corrected chi connectivity index (χ1v) is 8.21. The fourth-order valence-corrected chi connectivity index (χ4v) is 3.24. The predicted molar refractivity (Wildman–Crippen MR) is 93.0 cm³/mol. The molecule has 1 N–H and O–H groups in total. The lowest BCUT2D eigenvalue weighted by Gasteiger charge is -2.27. The highest BCUT2D eigenvalue weighted by atomic mass is 16.5. The van der Waals surface area contributed by atoms with Crippen molar-refractivity contribution in [3.63, 3.8) is 0 Å². The molecule has 1 aliphatic carbocycles. The van der Waals surface area contributed by atoms with Crippen LogP contribution in [0, 0.1) is 0 Å². The van der Waals surface area contributed by atoms with Crippen LogP contribution in [0.3, 0.4) is 0 Å². The number of rotatable bonds is 4. The summed E-state index contributed by atoms with van der Waals surface area (Å²) in [4.78, 5) is 18.5. The van der Waals surface area contributed by atoms with Gasteiger partial charge in [0.2, 0.25) is 0 Å². The monoisotopic (exact) mass is 325 g/mol. The van der Waals surface area contributed by atoms with E-state index in [2.05, 4.69) is 16.4 Å². The quantitative estimate of drug-likeness (QED) is 0.936. The van der Waals surface area contributed by atoms with Gasteiger partial charge in [0.25, 0.3) is 0 Å².